The Morgan fingerprint density at radius 3 is 2.56 bits per heavy atom. The molecule has 1 aromatic carbocycles. The van der Waals surface area contributed by atoms with Crippen LogP contribution >= 0.6 is 43.5 Å². The summed E-state index contributed by atoms with van der Waals surface area (Å²) in [6.07, 6.45) is 3.32. The first-order chi connectivity index (χ1) is 7.65. The van der Waals surface area contributed by atoms with E-state index in [9.17, 15) is 0 Å². The van der Waals surface area contributed by atoms with Crippen LogP contribution in [0.4, 0.5) is 0 Å². The second-order valence-corrected chi connectivity index (χ2v) is 5.25. The lowest BCUT2D eigenvalue weighted by atomic mass is 10.3. The zero-order valence-electron chi connectivity index (χ0n) is 7.95. The fourth-order valence-electron chi connectivity index (χ4n) is 1.13. The van der Waals surface area contributed by atoms with Crippen molar-refractivity contribution in [2.75, 3.05) is 0 Å². The van der Waals surface area contributed by atoms with Crippen molar-refractivity contribution in [2.45, 2.75) is 0 Å². The third-order valence-corrected chi connectivity index (χ3v) is 3.02. The molecule has 0 aliphatic heterocycles. The van der Waals surface area contributed by atoms with Crippen molar-refractivity contribution >= 4 is 43.5 Å². The fourth-order valence-corrected chi connectivity index (χ4v) is 2.19. The smallest absolute Gasteiger partial charge is 0.146 e. The van der Waals surface area contributed by atoms with Crippen LogP contribution in [0, 0.1) is 0 Å². The maximum absolute atomic E-state index is 6.03. The van der Waals surface area contributed by atoms with E-state index in [1.165, 1.54) is 0 Å². The van der Waals surface area contributed by atoms with E-state index in [2.05, 4.69) is 36.8 Å². The van der Waals surface area contributed by atoms with Crippen LogP contribution in [0.5, 0.6) is 11.5 Å². The summed E-state index contributed by atoms with van der Waals surface area (Å²) in [5.41, 5.74) is 0. The number of pyridine rings is 1. The molecule has 0 saturated carbocycles. The minimum Gasteiger partial charge on any atom is -0.454 e. The van der Waals surface area contributed by atoms with Gasteiger partial charge in [0.1, 0.15) is 11.5 Å². The van der Waals surface area contributed by atoms with E-state index in [0.29, 0.717) is 16.5 Å². The van der Waals surface area contributed by atoms with Crippen LogP contribution in [0.25, 0.3) is 0 Å². The van der Waals surface area contributed by atoms with Crippen molar-refractivity contribution in [3.63, 3.8) is 0 Å². The zero-order valence-corrected chi connectivity index (χ0v) is 11.9. The minimum absolute atomic E-state index is 0.550. The van der Waals surface area contributed by atoms with E-state index < -0.39 is 0 Å². The molecule has 16 heavy (non-hydrogen) atoms. The molecule has 0 fully saturated rings. The molecule has 0 N–H and O–H groups in total. The van der Waals surface area contributed by atoms with Crippen LogP contribution in [-0.4, -0.2) is 4.98 Å². The Kier molecular flexibility index (Phi) is 3.84. The second kappa shape index (κ2) is 5.17. The van der Waals surface area contributed by atoms with Gasteiger partial charge in [0.15, 0.2) is 0 Å². The molecule has 0 aliphatic carbocycles. The summed E-state index contributed by atoms with van der Waals surface area (Å²) in [5.74, 6) is 1.24. The summed E-state index contributed by atoms with van der Waals surface area (Å²) in [4.78, 5) is 4.00. The van der Waals surface area contributed by atoms with Gasteiger partial charge in [0.25, 0.3) is 0 Å². The topological polar surface area (TPSA) is 22.1 Å². The molecule has 0 bridgehead atoms. The number of benzene rings is 1. The van der Waals surface area contributed by atoms with Gasteiger partial charge in [-0.1, -0.05) is 27.5 Å². The number of nitrogens with zero attached hydrogens (tertiary/aromatic N) is 1. The Morgan fingerprint density at radius 1 is 1.06 bits per heavy atom. The largest absolute Gasteiger partial charge is 0.454 e. The summed E-state index contributed by atoms with van der Waals surface area (Å²) in [7, 11) is 0. The molecule has 5 heteroatoms. The number of rotatable bonds is 2. The van der Waals surface area contributed by atoms with Gasteiger partial charge >= 0.3 is 0 Å². The van der Waals surface area contributed by atoms with Crippen molar-refractivity contribution in [1.29, 1.82) is 0 Å². The van der Waals surface area contributed by atoms with Crippen LogP contribution in [-0.2, 0) is 0 Å². The van der Waals surface area contributed by atoms with E-state index >= 15 is 0 Å². The Balaban J connectivity index is 2.27. The van der Waals surface area contributed by atoms with Gasteiger partial charge in [0.05, 0.1) is 11.2 Å². The van der Waals surface area contributed by atoms with E-state index in [4.69, 9.17) is 16.3 Å². The Hall–Kier alpha value is -0.580. The lowest BCUT2D eigenvalue weighted by Crippen LogP contribution is -1.86. The number of halogens is 3. The molecular weight excluding hydrogens is 357 g/mol. The maximum Gasteiger partial charge on any atom is 0.146 e. The molecule has 2 nitrogen and oxygen atoms in total. The number of aromatic nitrogens is 1. The maximum atomic E-state index is 6.03. The molecule has 0 radical (unpaired) electrons. The van der Waals surface area contributed by atoms with Gasteiger partial charge in [-0.05, 0) is 40.2 Å². The number of hydrogen-bond donors (Lipinski definition) is 0. The molecule has 82 valence electrons. The van der Waals surface area contributed by atoms with Crippen LogP contribution in [0.2, 0.25) is 5.02 Å². The van der Waals surface area contributed by atoms with Crippen molar-refractivity contribution in [3.8, 4) is 11.5 Å². The minimum atomic E-state index is 0.550. The average Bonchev–Trinajstić information content (AvgIpc) is 2.22. The predicted molar refractivity (Wildman–Crippen MR) is 71.2 cm³/mol. The molecule has 2 rings (SSSR count). The molecule has 1 aromatic heterocycles. The van der Waals surface area contributed by atoms with Crippen molar-refractivity contribution < 1.29 is 4.74 Å². The first kappa shape index (κ1) is 11.9. The van der Waals surface area contributed by atoms with Gasteiger partial charge in [-0.15, -0.1) is 0 Å². The Bertz CT molecular complexity index is 519. The second-order valence-electron chi connectivity index (χ2n) is 3.02. The highest BCUT2D eigenvalue weighted by molar-refractivity contribution is 9.10. The van der Waals surface area contributed by atoms with Crippen molar-refractivity contribution in [1.82, 2.24) is 4.98 Å². The zero-order chi connectivity index (χ0) is 11.5. The molecule has 0 unspecified atom stereocenters. The number of ether oxygens (including phenoxy) is 1. The molecule has 0 spiro atoms. The molecule has 0 atom stereocenters. The average molecular weight is 363 g/mol. The van der Waals surface area contributed by atoms with Crippen LogP contribution < -0.4 is 4.74 Å². The normalized spacial score (nSPS) is 10.2. The van der Waals surface area contributed by atoms with Crippen LogP contribution in [0.3, 0.4) is 0 Å². The van der Waals surface area contributed by atoms with E-state index in [1.54, 1.807) is 24.5 Å². The monoisotopic (exact) mass is 361 g/mol. The van der Waals surface area contributed by atoms with E-state index in [0.717, 1.165) is 8.95 Å². The van der Waals surface area contributed by atoms with Crippen LogP contribution in [0.15, 0.2) is 45.6 Å². The van der Waals surface area contributed by atoms with Crippen LogP contribution in [0.1, 0.15) is 0 Å². The van der Waals surface area contributed by atoms with Gasteiger partial charge in [0.2, 0.25) is 0 Å². The number of hydrogen-bond acceptors (Lipinski definition) is 2. The Morgan fingerprint density at radius 2 is 1.88 bits per heavy atom. The van der Waals surface area contributed by atoms with Gasteiger partial charge in [-0.2, -0.15) is 0 Å². The van der Waals surface area contributed by atoms with Gasteiger partial charge in [0, 0.05) is 15.1 Å². The van der Waals surface area contributed by atoms with Gasteiger partial charge < -0.3 is 4.74 Å². The summed E-state index contributed by atoms with van der Waals surface area (Å²) in [6.45, 7) is 0. The lowest BCUT2D eigenvalue weighted by molar-refractivity contribution is 0.480. The van der Waals surface area contributed by atoms with Crippen molar-refractivity contribution in [3.05, 3.63) is 50.6 Å². The molecule has 0 saturated heterocycles. The molecule has 0 amide bonds. The summed E-state index contributed by atoms with van der Waals surface area (Å²) >= 11 is 12.7. The highest BCUT2D eigenvalue weighted by Gasteiger charge is 2.04. The van der Waals surface area contributed by atoms with E-state index in [1.807, 2.05) is 12.1 Å². The summed E-state index contributed by atoms with van der Waals surface area (Å²) < 4.78 is 7.37. The molecule has 2 aromatic rings. The fraction of sp³-hybridized carbons (Fsp3) is 0. The molecule has 0 aliphatic rings. The van der Waals surface area contributed by atoms with E-state index in [-0.39, 0.29) is 0 Å². The van der Waals surface area contributed by atoms with Crippen molar-refractivity contribution in [2.24, 2.45) is 0 Å². The first-order valence-electron chi connectivity index (χ1n) is 4.38. The SMILES string of the molecule is Clc1cc(Br)ccc1Oc1cncc(Br)c1. The molecule has 1 heterocycles. The third-order valence-electron chi connectivity index (χ3n) is 1.80. The standard InChI is InChI=1S/C11H6Br2ClNO/c12-7-1-2-11(10(14)4-7)16-9-3-8(13)5-15-6-9/h1-6H. The van der Waals surface area contributed by atoms with Gasteiger partial charge in [-0.25, -0.2) is 0 Å². The Labute approximate surface area is 115 Å². The predicted octanol–water partition coefficient (Wildman–Crippen LogP) is 5.05. The summed E-state index contributed by atoms with van der Waals surface area (Å²) in [5, 5.41) is 0.550. The van der Waals surface area contributed by atoms with Gasteiger partial charge in [-0.3, -0.25) is 4.98 Å². The third kappa shape index (κ3) is 2.97. The molecular formula is C11H6Br2ClNO. The lowest BCUT2D eigenvalue weighted by Gasteiger charge is -2.07. The highest BCUT2D eigenvalue weighted by Crippen LogP contribution is 2.31. The first-order valence-corrected chi connectivity index (χ1v) is 6.35. The summed E-state index contributed by atoms with van der Waals surface area (Å²) in [6, 6.07) is 7.27. The quantitative estimate of drug-likeness (QED) is 0.745. The highest BCUT2D eigenvalue weighted by atomic mass is 79.9.